The molecule has 25 heavy (non-hydrogen) atoms. The number of pyridine rings is 1. The predicted molar refractivity (Wildman–Crippen MR) is 96.6 cm³/mol. The number of nitrogens with one attached hydrogen (secondary N) is 1. The highest BCUT2D eigenvalue weighted by atomic mass is 16.5. The fraction of sp³-hybridized carbons (Fsp3) is 0.556. The summed E-state index contributed by atoms with van der Waals surface area (Å²) in [6.07, 6.45) is 1.87. The fourth-order valence-corrected chi connectivity index (χ4v) is 3.17. The minimum absolute atomic E-state index is 0.107. The van der Waals surface area contributed by atoms with Gasteiger partial charge in [0.15, 0.2) is 0 Å². The zero-order chi connectivity index (χ0) is 17.6. The zero-order valence-electron chi connectivity index (χ0n) is 15.0. The van der Waals surface area contributed by atoms with E-state index in [1.165, 1.54) is 11.1 Å². The molecule has 7 heteroatoms. The highest BCUT2D eigenvalue weighted by Crippen LogP contribution is 2.15. The van der Waals surface area contributed by atoms with E-state index >= 15 is 0 Å². The van der Waals surface area contributed by atoms with Gasteiger partial charge in [-0.1, -0.05) is 0 Å². The Balaban J connectivity index is 1.59. The number of aliphatic hydroxyl groups excluding tert-OH is 1. The first-order chi connectivity index (χ1) is 12.2. The average molecular weight is 345 g/mol. The van der Waals surface area contributed by atoms with Crippen molar-refractivity contribution in [3.05, 3.63) is 40.8 Å². The van der Waals surface area contributed by atoms with Gasteiger partial charge in [-0.05, 0) is 31.5 Å². The van der Waals surface area contributed by atoms with Gasteiger partial charge in [-0.2, -0.15) is 5.10 Å². The third kappa shape index (κ3) is 4.36. The van der Waals surface area contributed by atoms with Gasteiger partial charge in [-0.3, -0.25) is 4.68 Å². The molecule has 0 bridgehead atoms. The molecule has 0 atom stereocenters. The van der Waals surface area contributed by atoms with Crippen LogP contribution >= 0.6 is 0 Å². The van der Waals surface area contributed by atoms with Gasteiger partial charge in [0.2, 0.25) is 0 Å². The maximum Gasteiger partial charge on any atom is 0.128 e. The molecule has 7 nitrogen and oxygen atoms in total. The number of aryl methyl sites for hydroxylation is 1. The summed E-state index contributed by atoms with van der Waals surface area (Å²) in [4.78, 5) is 6.75. The molecule has 1 aliphatic rings. The molecule has 0 radical (unpaired) electrons. The summed E-state index contributed by atoms with van der Waals surface area (Å²) in [6, 6.07) is 4.19. The molecule has 3 rings (SSSR count). The van der Waals surface area contributed by atoms with Gasteiger partial charge < -0.3 is 20.1 Å². The standard InChI is InChI=1S/C18H27N5O2/c1-14-17(15(2)23(21-14)5-8-24)13-19-12-16-3-4-20-18(11-16)22-6-9-25-10-7-22/h3-4,11,19,24H,5-10,12-13H2,1-2H3. The molecule has 2 aromatic rings. The quantitative estimate of drug-likeness (QED) is 0.780. The second kappa shape index (κ2) is 8.42. The fourth-order valence-electron chi connectivity index (χ4n) is 3.17. The Kier molecular flexibility index (Phi) is 6.01. The molecule has 3 heterocycles. The number of rotatable bonds is 7. The largest absolute Gasteiger partial charge is 0.394 e. The number of nitrogens with zero attached hydrogens (tertiary/aromatic N) is 4. The van der Waals surface area contributed by atoms with Crippen molar-refractivity contribution >= 4 is 5.82 Å². The second-order valence-electron chi connectivity index (χ2n) is 6.32. The van der Waals surface area contributed by atoms with E-state index < -0.39 is 0 Å². The number of hydrogen-bond acceptors (Lipinski definition) is 6. The van der Waals surface area contributed by atoms with E-state index in [1.54, 1.807) is 0 Å². The van der Waals surface area contributed by atoms with Crippen molar-refractivity contribution in [2.45, 2.75) is 33.5 Å². The molecule has 2 N–H and O–H groups in total. The zero-order valence-corrected chi connectivity index (χ0v) is 15.0. The van der Waals surface area contributed by atoms with Crippen molar-refractivity contribution in [3.8, 4) is 0 Å². The first-order valence-electron chi connectivity index (χ1n) is 8.81. The number of ether oxygens (including phenoxy) is 1. The lowest BCUT2D eigenvalue weighted by molar-refractivity contribution is 0.122. The second-order valence-corrected chi connectivity index (χ2v) is 6.32. The number of hydrogen-bond donors (Lipinski definition) is 2. The average Bonchev–Trinajstić information content (AvgIpc) is 2.90. The minimum Gasteiger partial charge on any atom is -0.394 e. The van der Waals surface area contributed by atoms with Crippen molar-refractivity contribution in [1.29, 1.82) is 0 Å². The molecule has 1 fully saturated rings. The molecule has 2 aromatic heterocycles. The lowest BCUT2D eigenvalue weighted by atomic mass is 10.2. The molecule has 1 saturated heterocycles. The number of aliphatic hydroxyl groups is 1. The van der Waals surface area contributed by atoms with E-state index in [0.717, 1.165) is 56.6 Å². The van der Waals surface area contributed by atoms with E-state index in [0.29, 0.717) is 6.54 Å². The summed E-state index contributed by atoms with van der Waals surface area (Å²) in [5.41, 5.74) is 4.55. The van der Waals surface area contributed by atoms with E-state index in [2.05, 4.69) is 33.3 Å². The van der Waals surface area contributed by atoms with E-state index in [9.17, 15) is 0 Å². The van der Waals surface area contributed by atoms with Crippen LogP contribution < -0.4 is 10.2 Å². The van der Waals surface area contributed by atoms with Crippen molar-refractivity contribution in [2.24, 2.45) is 0 Å². The lowest BCUT2D eigenvalue weighted by Crippen LogP contribution is -2.36. The lowest BCUT2D eigenvalue weighted by Gasteiger charge is -2.28. The summed E-state index contributed by atoms with van der Waals surface area (Å²) in [7, 11) is 0. The molecule has 0 aliphatic carbocycles. The van der Waals surface area contributed by atoms with Crippen LogP contribution in [-0.2, 0) is 24.4 Å². The van der Waals surface area contributed by atoms with Gasteiger partial charge in [0, 0.05) is 43.6 Å². The molecular formula is C18H27N5O2. The maximum atomic E-state index is 9.11. The Labute approximate surface area is 148 Å². The Morgan fingerprint density at radius 1 is 1.24 bits per heavy atom. The van der Waals surface area contributed by atoms with Crippen LogP contribution in [0.1, 0.15) is 22.5 Å². The Bertz CT molecular complexity index is 695. The van der Waals surface area contributed by atoms with Gasteiger partial charge >= 0.3 is 0 Å². The van der Waals surface area contributed by atoms with Crippen molar-refractivity contribution in [3.63, 3.8) is 0 Å². The smallest absolute Gasteiger partial charge is 0.128 e. The Hall–Kier alpha value is -1.96. The molecule has 136 valence electrons. The molecule has 0 saturated carbocycles. The molecule has 0 unspecified atom stereocenters. The van der Waals surface area contributed by atoms with E-state index in [4.69, 9.17) is 9.84 Å². The summed E-state index contributed by atoms with van der Waals surface area (Å²) >= 11 is 0. The summed E-state index contributed by atoms with van der Waals surface area (Å²) in [6.45, 7) is 9.58. The highest BCUT2D eigenvalue weighted by Gasteiger charge is 2.13. The summed E-state index contributed by atoms with van der Waals surface area (Å²) in [5.74, 6) is 1.02. The van der Waals surface area contributed by atoms with Gasteiger partial charge in [-0.25, -0.2) is 4.98 Å². The van der Waals surface area contributed by atoms with Gasteiger partial charge in [0.05, 0.1) is 32.1 Å². The SMILES string of the molecule is Cc1nn(CCO)c(C)c1CNCc1ccnc(N2CCOCC2)c1. The third-order valence-corrected chi connectivity index (χ3v) is 4.62. The van der Waals surface area contributed by atoms with E-state index in [1.807, 2.05) is 23.9 Å². The normalized spacial score (nSPS) is 14.9. The number of aromatic nitrogens is 3. The first kappa shape index (κ1) is 17.8. The van der Waals surface area contributed by atoms with Crippen LogP contribution in [0.5, 0.6) is 0 Å². The Morgan fingerprint density at radius 2 is 2.04 bits per heavy atom. The van der Waals surface area contributed by atoms with Crippen molar-refractivity contribution in [2.75, 3.05) is 37.8 Å². The van der Waals surface area contributed by atoms with Crippen LogP contribution in [0.15, 0.2) is 18.3 Å². The first-order valence-corrected chi connectivity index (χ1v) is 8.81. The third-order valence-electron chi connectivity index (χ3n) is 4.62. The van der Waals surface area contributed by atoms with Crippen molar-refractivity contribution in [1.82, 2.24) is 20.1 Å². The molecule has 0 aromatic carbocycles. The van der Waals surface area contributed by atoms with Crippen molar-refractivity contribution < 1.29 is 9.84 Å². The van der Waals surface area contributed by atoms with Gasteiger partial charge in [0.1, 0.15) is 5.82 Å². The van der Waals surface area contributed by atoms with Gasteiger partial charge in [-0.15, -0.1) is 0 Å². The Morgan fingerprint density at radius 3 is 2.80 bits per heavy atom. The highest BCUT2D eigenvalue weighted by molar-refractivity contribution is 5.41. The van der Waals surface area contributed by atoms with Crippen LogP contribution in [0.3, 0.4) is 0 Å². The van der Waals surface area contributed by atoms with E-state index in [-0.39, 0.29) is 6.61 Å². The maximum absolute atomic E-state index is 9.11. The number of morpholine rings is 1. The predicted octanol–water partition coefficient (Wildman–Crippen LogP) is 1.01. The topological polar surface area (TPSA) is 75.4 Å². The number of anilines is 1. The van der Waals surface area contributed by atoms with Crippen LogP contribution in [0, 0.1) is 13.8 Å². The van der Waals surface area contributed by atoms with Crippen LogP contribution in [0.4, 0.5) is 5.82 Å². The molecular weight excluding hydrogens is 318 g/mol. The molecule has 0 amide bonds. The summed E-state index contributed by atoms with van der Waals surface area (Å²) in [5, 5.41) is 17.1. The molecule has 0 spiro atoms. The molecule has 1 aliphatic heterocycles. The van der Waals surface area contributed by atoms with Crippen LogP contribution in [0.2, 0.25) is 0 Å². The van der Waals surface area contributed by atoms with Gasteiger partial charge in [0.25, 0.3) is 0 Å². The van der Waals surface area contributed by atoms with Crippen LogP contribution in [-0.4, -0.2) is 52.8 Å². The monoisotopic (exact) mass is 345 g/mol. The summed E-state index contributed by atoms with van der Waals surface area (Å²) < 4.78 is 7.27. The van der Waals surface area contributed by atoms with Crippen LogP contribution in [0.25, 0.3) is 0 Å². The minimum atomic E-state index is 0.107.